The highest BCUT2D eigenvalue weighted by molar-refractivity contribution is 5.24. The van der Waals surface area contributed by atoms with Crippen molar-refractivity contribution in [1.82, 2.24) is 4.98 Å². The van der Waals surface area contributed by atoms with Crippen LogP contribution in [0.25, 0.3) is 0 Å². The molecule has 1 unspecified atom stereocenters. The molecule has 1 N–H and O–H groups in total. The van der Waals surface area contributed by atoms with Crippen molar-refractivity contribution >= 4 is 0 Å². The predicted molar refractivity (Wildman–Crippen MR) is 67.8 cm³/mol. The number of aromatic amines is 1. The molecular weight excluding hydrogens is 210 g/mol. The van der Waals surface area contributed by atoms with Crippen molar-refractivity contribution in [2.75, 3.05) is 0 Å². The summed E-state index contributed by atoms with van der Waals surface area (Å²) in [5.74, 6) is 0. The van der Waals surface area contributed by atoms with Crippen LogP contribution in [0.1, 0.15) is 23.2 Å². The van der Waals surface area contributed by atoms with Crippen molar-refractivity contribution in [2.45, 2.75) is 32.0 Å². The number of ether oxygens (including phenoxy) is 1. The molecule has 1 aromatic carbocycles. The third kappa shape index (κ3) is 2.42. The van der Waals surface area contributed by atoms with Crippen molar-refractivity contribution < 1.29 is 4.74 Å². The summed E-state index contributed by atoms with van der Waals surface area (Å²) in [5, 5.41) is 0. The quantitative estimate of drug-likeness (QED) is 0.856. The Hall–Kier alpha value is -1.54. The van der Waals surface area contributed by atoms with E-state index < -0.39 is 0 Å². The highest BCUT2D eigenvalue weighted by atomic mass is 16.5. The molecule has 0 amide bonds. The van der Waals surface area contributed by atoms with Crippen LogP contribution in [0, 0.1) is 0 Å². The first kappa shape index (κ1) is 10.6. The van der Waals surface area contributed by atoms with Gasteiger partial charge in [-0.25, -0.2) is 0 Å². The van der Waals surface area contributed by atoms with Gasteiger partial charge in [-0.3, -0.25) is 0 Å². The lowest BCUT2D eigenvalue weighted by Crippen LogP contribution is -2.21. The molecule has 2 nitrogen and oxygen atoms in total. The van der Waals surface area contributed by atoms with Crippen molar-refractivity contribution in [2.24, 2.45) is 0 Å². The molecular formula is C15H17NO. The maximum Gasteiger partial charge on any atom is 0.0720 e. The molecule has 1 aromatic heterocycles. The van der Waals surface area contributed by atoms with Crippen LogP contribution in [0.15, 0.2) is 42.6 Å². The second-order valence-corrected chi connectivity index (χ2v) is 4.64. The van der Waals surface area contributed by atoms with Gasteiger partial charge in [0.05, 0.1) is 12.7 Å². The van der Waals surface area contributed by atoms with Gasteiger partial charge in [0.1, 0.15) is 0 Å². The van der Waals surface area contributed by atoms with E-state index in [1.54, 1.807) is 0 Å². The van der Waals surface area contributed by atoms with E-state index in [4.69, 9.17) is 4.74 Å². The van der Waals surface area contributed by atoms with E-state index in [-0.39, 0.29) is 0 Å². The van der Waals surface area contributed by atoms with Crippen molar-refractivity contribution in [1.29, 1.82) is 0 Å². The standard InChI is InChI=1S/C15H17NO/c1-2-4-12(5-3-1)11-17-14-6-7-15-13(10-14)8-9-16-15/h1-5,8-9,14,16H,6-7,10-11H2. The molecule has 0 saturated heterocycles. The molecule has 0 saturated carbocycles. The van der Waals surface area contributed by atoms with Crippen LogP contribution >= 0.6 is 0 Å². The first-order valence-electron chi connectivity index (χ1n) is 6.22. The fourth-order valence-corrected chi connectivity index (χ4v) is 2.44. The minimum Gasteiger partial charge on any atom is -0.373 e. The summed E-state index contributed by atoms with van der Waals surface area (Å²) in [6, 6.07) is 12.6. The van der Waals surface area contributed by atoms with Gasteiger partial charge >= 0.3 is 0 Å². The highest BCUT2D eigenvalue weighted by Crippen LogP contribution is 2.22. The largest absolute Gasteiger partial charge is 0.373 e. The van der Waals surface area contributed by atoms with Crippen LogP contribution in [0.2, 0.25) is 0 Å². The smallest absolute Gasteiger partial charge is 0.0720 e. The first-order valence-corrected chi connectivity index (χ1v) is 6.22. The normalized spacial score (nSPS) is 18.9. The zero-order chi connectivity index (χ0) is 11.5. The van der Waals surface area contributed by atoms with Crippen LogP contribution in [0.4, 0.5) is 0 Å². The van der Waals surface area contributed by atoms with Gasteiger partial charge in [0.25, 0.3) is 0 Å². The molecule has 0 spiro atoms. The van der Waals surface area contributed by atoms with Crippen LogP contribution < -0.4 is 0 Å². The van der Waals surface area contributed by atoms with Gasteiger partial charge in [0, 0.05) is 18.3 Å². The van der Waals surface area contributed by atoms with Gasteiger partial charge in [0.2, 0.25) is 0 Å². The van der Waals surface area contributed by atoms with Crippen molar-refractivity contribution in [3.05, 3.63) is 59.4 Å². The fraction of sp³-hybridized carbons (Fsp3) is 0.333. The molecule has 88 valence electrons. The van der Waals surface area contributed by atoms with E-state index >= 15 is 0 Å². The molecule has 0 radical (unpaired) electrons. The number of hydrogen-bond donors (Lipinski definition) is 1. The van der Waals surface area contributed by atoms with E-state index in [0.717, 1.165) is 25.9 Å². The van der Waals surface area contributed by atoms with E-state index in [9.17, 15) is 0 Å². The summed E-state index contributed by atoms with van der Waals surface area (Å²) >= 11 is 0. The Morgan fingerprint density at radius 3 is 2.94 bits per heavy atom. The lowest BCUT2D eigenvalue weighted by molar-refractivity contribution is 0.0318. The average molecular weight is 227 g/mol. The number of fused-ring (bicyclic) bond motifs is 1. The minimum atomic E-state index is 0.374. The number of hydrogen-bond acceptors (Lipinski definition) is 1. The van der Waals surface area contributed by atoms with E-state index in [0.29, 0.717) is 6.10 Å². The zero-order valence-electron chi connectivity index (χ0n) is 9.86. The molecule has 2 aromatic rings. The van der Waals surface area contributed by atoms with Gasteiger partial charge < -0.3 is 9.72 Å². The number of aryl methyl sites for hydroxylation is 1. The lowest BCUT2D eigenvalue weighted by atomic mass is 9.95. The topological polar surface area (TPSA) is 25.0 Å². The second-order valence-electron chi connectivity index (χ2n) is 4.64. The maximum absolute atomic E-state index is 5.98. The second kappa shape index (κ2) is 4.76. The predicted octanol–water partition coefficient (Wildman–Crippen LogP) is 3.09. The maximum atomic E-state index is 5.98. The van der Waals surface area contributed by atoms with Crippen LogP contribution in [-0.2, 0) is 24.2 Å². The van der Waals surface area contributed by atoms with E-state index in [1.165, 1.54) is 16.8 Å². The summed E-state index contributed by atoms with van der Waals surface area (Å²) in [6.45, 7) is 0.727. The first-order chi connectivity index (χ1) is 8.42. The number of rotatable bonds is 3. The highest BCUT2D eigenvalue weighted by Gasteiger charge is 2.19. The number of nitrogens with one attached hydrogen (secondary N) is 1. The molecule has 0 aliphatic heterocycles. The summed E-state index contributed by atoms with van der Waals surface area (Å²) in [7, 11) is 0. The van der Waals surface area contributed by atoms with Gasteiger partial charge in [-0.05, 0) is 30.0 Å². The number of aromatic nitrogens is 1. The summed E-state index contributed by atoms with van der Waals surface area (Å²) in [4.78, 5) is 3.30. The third-order valence-corrected chi connectivity index (χ3v) is 3.42. The van der Waals surface area contributed by atoms with Crippen molar-refractivity contribution in [3.8, 4) is 0 Å². The number of H-pyrrole nitrogens is 1. The van der Waals surface area contributed by atoms with Gasteiger partial charge in [-0.15, -0.1) is 0 Å². The molecule has 1 aliphatic carbocycles. The Morgan fingerprint density at radius 1 is 1.18 bits per heavy atom. The molecule has 0 bridgehead atoms. The molecule has 0 fully saturated rings. The summed E-state index contributed by atoms with van der Waals surface area (Å²) in [6.07, 6.45) is 5.69. The molecule has 1 heterocycles. The van der Waals surface area contributed by atoms with Crippen LogP contribution in [0.3, 0.4) is 0 Å². The average Bonchev–Trinajstić information content (AvgIpc) is 2.85. The minimum absolute atomic E-state index is 0.374. The van der Waals surface area contributed by atoms with Gasteiger partial charge in [-0.2, -0.15) is 0 Å². The van der Waals surface area contributed by atoms with Gasteiger partial charge in [-0.1, -0.05) is 30.3 Å². The Morgan fingerprint density at radius 2 is 2.06 bits per heavy atom. The zero-order valence-corrected chi connectivity index (χ0v) is 9.86. The Balaban J connectivity index is 1.58. The monoisotopic (exact) mass is 227 g/mol. The Kier molecular flexibility index (Phi) is 2.97. The molecule has 17 heavy (non-hydrogen) atoms. The summed E-state index contributed by atoms with van der Waals surface area (Å²) < 4.78 is 5.98. The Labute approximate surface area is 102 Å². The summed E-state index contributed by atoms with van der Waals surface area (Å²) in [5.41, 5.74) is 4.08. The van der Waals surface area contributed by atoms with E-state index in [1.807, 2.05) is 12.3 Å². The van der Waals surface area contributed by atoms with Crippen LogP contribution in [-0.4, -0.2) is 11.1 Å². The number of benzene rings is 1. The fourth-order valence-electron chi connectivity index (χ4n) is 2.44. The van der Waals surface area contributed by atoms with Gasteiger partial charge in [0.15, 0.2) is 0 Å². The lowest BCUT2D eigenvalue weighted by Gasteiger charge is -2.22. The van der Waals surface area contributed by atoms with E-state index in [2.05, 4.69) is 35.3 Å². The van der Waals surface area contributed by atoms with Crippen LogP contribution in [0.5, 0.6) is 0 Å². The van der Waals surface area contributed by atoms with Crippen molar-refractivity contribution in [3.63, 3.8) is 0 Å². The Bertz CT molecular complexity index is 475. The molecule has 3 rings (SSSR count). The SMILES string of the molecule is c1ccc(COC2CCc3[nH]ccc3C2)cc1. The third-order valence-electron chi connectivity index (χ3n) is 3.42. The molecule has 2 heteroatoms. The molecule has 1 aliphatic rings. The molecule has 1 atom stereocenters.